The van der Waals surface area contributed by atoms with Crippen LogP contribution in [0, 0.1) is 11.3 Å². The molecule has 0 spiro atoms. The number of hydrogen-bond donors (Lipinski definition) is 0. The van der Waals surface area contributed by atoms with E-state index in [9.17, 15) is 0 Å². The van der Waals surface area contributed by atoms with Crippen molar-refractivity contribution in [2.75, 3.05) is 13.4 Å². The molecule has 0 saturated carbocycles. The van der Waals surface area contributed by atoms with Crippen LogP contribution in [0.5, 0.6) is 17.2 Å². The Bertz CT molecular complexity index is 603. The highest BCUT2D eigenvalue weighted by Crippen LogP contribution is 2.33. The average Bonchev–Trinajstić information content (AvgIpc) is 2.48. The standard InChI is InChI=1S/C15H13NO2S/c1-17-14-9-13(7-8-15(14)19-2)18-12-5-3-11(10-16)4-6-12/h3-9H,1-2H3. The first-order valence-electron chi connectivity index (χ1n) is 5.67. The maximum atomic E-state index is 8.73. The molecule has 0 amide bonds. The third-order valence-electron chi connectivity index (χ3n) is 2.57. The molecule has 0 bridgehead atoms. The summed E-state index contributed by atoms with van der Waals surface area (Å²) in [6, 6.07) is 14.8. The minimum Gasteiger partial charge on any atom is -0.495 e. The van der Waals surface area contributed by atoms with E-state index < -0.39 is 0 Å². The van der Waals surface area contributed by atoms with Crippen LogP contribution in [-0.2, 0) is 0 Å². The van der Waals surface area contributed by atoms with Gasteiger partial charge in [-0.2, -0.15) is 5.26 Å². The highest BCUT2D eigenvalue weighted by atomic mass is 32.2. The number of benzene rings is 2. The molecule has 3 nitrogen and oxygen atoms in total. The minimum absolute atomic E-state index is 0.614. The van der Waals surface area contributed by atoms with Crippen molar-refractivity contribution in [1.29, 1.82) is 5.26 Å². The topological polar surface area (TPSA) is 42.2 Å². The number of methoxy groups -OCH3 is 1. The van der Waals surface area contributed by atoms with E-state index in [2.05, 4.69) is 6.07 Å². The van der Waals surface area contributed by atoms with E-state index in [1.54, 1.807) is 43.1 Å². The lowest BCUT2D eigenvalue weighted by molar-refractivity contribution is 0.399. The fourth-order valence-electron chi connectivity index (χ4n) is 1.61. The third-order valence-corrected chi connectivity index (χ3v) is 3.35. The Morgan fingerprint density at radius 3 is 2.32 bits per heavy atom. The van der Waals surface area contributed by atoms with Gasteiger partial charge in [0.25, 0.3) is 0 Å². The molecule has 0 fully saturated rings. The molecule has 0 aliphatic heterocycles. The highest BCUT2D eigenvalue weighted by Gasteiger charge is 2.05. The van der Waals surface area contributed by atoms with Crippen LogP contribution in [0.2, 0.25) is 0 Å². The first-order valence-corrected chi connectivity index (χ1v) is 6.89. The fraction of sp³-hybridized carbons (Fsp3) is 0.133. The second-order valence-electron chi connectivity index (χ2n) is 3.76. The van der Waals surface area contributed by atoms with Crippen molar-refractivity contribution in [3.8, 4) is 23.3 Å². The average molecular weight is 271 g/mol. The summed E-state index contributed by atoms with van der Waals surface area (Å²) >= 11 is 1.62. The summed E-state index contributed by atoms with van der Waals surface area (Å²) in [5.74, 6) is 2.19. The van der Waals surface area contributed by atoms with Crippen LogP contribution in [0.25, 0.3) is 0 Å². The molecular formula is C15H13NO2S. The smallest absolute Gasteiger partial charge is 0.136 e. The van der Waals surface area contributed by atoms with Crippen molar-refractivity contribution < 1.29 is 9.47 Å². The van der Waals surface area contributed by atoms with Gasteiger partial charge in [-0.15, -0.1) is 11.8 Å². The van der Waals surface area contributed by atoms with Gasteiger partial charge >= 0.3 is 0 Å². The van der Waals surface area contributed by atoms with Gasteiger partial charge in [0.15, 0.2) is 0 Å². The molecule has 4 heteroatoms. The molecule has 0 N–H and O–H groups in total. The number of ether oxygens (including phenoxy) is 2. The van der Waals surface area contributed by atoms with E-state index in [1.807, 2.05) is 24.5 Å². The molecule has 2 aromatic carbocycles. The quantitative estimate of drug-likeness (QED) is 0.786. The van der Waals surface area contributed by atoms with Gasteiger partial charge in [0.1, 0.15) is 17.2 Å². The molecule has 0 aliphatic carbocycles. The molecule has 0 atom stereocenters. The van der Waals surface area contributed by atoms with Gasteiger partial charge < -0.3 is 9.47 Å². The molecule has 19 heavy (non-hydrogen) atoms. The Labute approximate surface area is 116 Å². The van der Waals surface area contributed by atoms with E-state index in [-0.39, 0.29) is 0 Å². The minimum atomic E-state index is 0.614. The van der Waals surface area contributed by atoms with Crippen LogP contribution in [0.3, 0.4) is 0 Å². The predicted octanol–water partition coefficient (Wildman–Crippen LogP) is 4.08. The van der Waals surface area contributed by atoms with Crippen molar-refractivity contribution in [2.24, 2.45) is 0 Å². The summed E-state index contributed by atoms with van der Waals surface area (Å²) in [6.45, 7) is 0. The Morgan fingerprint density at radius 2 is 1.74 bits per heavy atom. The van der Waals surface area contributed by atoms with E-state index in [0.717, 1.165) is 10.6 Å². The lowest BCUT2D eigenvalue weighted by Crippen LogP contribution is -1.89. The van der Waals surface area contributed by atoms with E-state index >= 15 is 0 Å². The zero-order chi connectivity index (χ0) is 13.7. The van der Waals surface area contributed by atoms with Crippen molar-refractivity contribution in [3.63, 3.8) is 0 Å². The van der Waals surface area contributed by atoms with Gasteiger partial charge in [-0.25, -0.2) is 0 Å². The van der Waals surface area contributed by atoms with Gasteiger partial charge in [0.05, 0.1) is 18.7 Å². The molecule has 96 valence electrons. The Kier molecular flexibility index (Phi) is 4.32. The molecule has 0 radical (unpaired) electrons. The summed E-state index contributed by atoms with van der Waals surface area (Å²) in [7, 11) is 1.64. The molecule has 2 aromatic rings. The Morgan fingerprint density at radius 1 is 1.05 bits per heavy atom. The lowest BCUT2D eigenvalue weighted by atomic mass is 10.2. The zero-order valence-electron chi connectivity index (χ0n) is 10.7. The molecule has 0 saturated heterocycles. The molecular weight excluding hydrogens is 258 g/mol. The normalized spacial score (nSPS) is 9.74. The second-order valence-corrected chi connectivity index (χ2v) is 4.60. The summed E-state index contributed by atoms with van der Waals surface area (Å²) in [5, 5.41) is 8.73. The summed E-state index contributed by atoms with van der Waals surface area (Å²) in [4.78, 5) is 1.06. The predicted molar refractivity (Wildman–Crippen MR) is 76.0 cm³/mol. The SMILES string of the molecule is COc1cc(Oc2ccc(C#N)cc2)ccc1SC. The van der Waals surface area contributed by atoms with Crippen LogP contribution in [0.15, 0.2) is 47.4 Å². The van der Waals surface area contributed by atoms with Crippen LogP contribution in [-0.4, -0.2) is 13.4 Å². The van der Waals surface area contributed by atoms with E-state index in [0.29, 0.717) is 17.1 Å². The second kappa shape index (κ2) is 6.17. The molecule has 0 aliphatic rings. The number of nitrogens with zero attached hydrogens (tertiary/aromatic N) is 1. The summed E-state index contributed by atoms with van der Waals surface area (Å²) < 4.78 is 11.0. The van der Waals surface area contributed by atoms with Crippen molar-refractivity contribution >= 4 is 11.8 Å². The Hall–Kier alpha value is -2.12. The van der Waals surface area contributed by atoms with Gasteiger partial charge in [-0.1, -0.05) is 0 Å². The molecule has 0 unspecified atom stereocenters. The van der Waals surface area contributed by atoms with Crippen molar-refractivity contribution in [2.45, 2.75) is 4.90 Å². The number of thioether (sulfide) groups is 1. The van der Waals surface area contributed by atoms with Crippen LogP contribution >= 0.6 is 11.8 Å². The van der Waals surface area contributed by atoms with Gasteiger partial charge in [0.2, 0.25) is 0 Å². The molecule has 2 rings (SSSR count). The van der Waals surface area contributed by atoms with Crippen molar-refractivity contribution in [3.05, 3.63) is 48.0 Å². The van der Waals surface area contributed by atoms with Gasteiger partial charge in [-0.05, 0) is 42.7 Å². The summed E-state index contributed by atoms with van der Waals surface area (Å²) in [6.07, 6.45) is 2.00. The fourth-order valence-corrected chi connectivity index (χ4v) is 2.16. The monoisotopic (exact) mass is 271 g/mol. The van der Waals surface area contributed by atoms with Crippen LogP contribution in [0.1, 0.15) is 5.56 Å². The summed E-state index contributed by atoms with van der Waals surface area (Å²) in [5.41, 5.74) is 0.614. The zero-order valence-corrected chi connectivity index (χ0v) is 11.5. The first-order chi connectivity index (χ1) is 9.26. The number of hydrogen-bond acceptors (Lipinski definition) is 4. The largest absolute Gasteiger partial charge is 0.495 e. The van der Waals surface area contributed by atoms with E-state index in [4.69, 9.17) is 14.7 Å². The third kappa shape index (κ3) is 3.21. The Balaban J connectivity index is 2.20. The van der Waals surface area contributed by atoms with Gasteiger partial charge in [-0.3, -0.25) is 0 Å². The first kappa shape index (κ1) is 13.3. The number of nitriles is 1. The molecule has 0 aromatic heterocycles. The lowest BCUT2D eigenvalue weighted by Gasteiger charge is -2.10. The van der Waals surface area contributed by atoms with E-state index in [1.165, 1.54) is 0 Å². The van der Waals surface area contributed by atoms with Crippen molar-refractivity contribution in [1.82, 2.24) is 0 Å². The van der Waals surface area contributed by atoms with Crippen LogP contribution in [0.4, 0.5) is 0 Å². The molecule has 0 heterocycles. The highest BCUT2D eigenvalue weighted by molar-refractivity contribution is 7.98. The maximum absolute atomic E-state index is 8.73. The maximum Gasteiger partial charge on any atom is 0.136 e. The number of rotatable bonds is 4. The van der Waals surface area contributed by atoms with Gasteiger partial charge in [0, 0.05) is 11.0 Å². The van der Waals surface area contributed by atoms with Crippen LogP contribution < -0.4 is 9.47 Å².